The molecule has 1 aromatic carbocycles. The van der Waals surface area contributed by atoms with E-state index in [1.807, 2.05) is 6.07 Å². The molecule has 1 saturated carbocycles. The lowest BCUT2D eigenvalue weighted by atomic mass is 9.79. The fourth-order valence-corrected chi connectivity index (χ4v) is 3.35. The number of nitrogens with one attached hydrogen (secondary N) is 1. The highest BCUT2D eigenvalue weighted by Gasteiger charge is 2.30. The van der Waals surface area contributed by atoms with E-state index < -0.39 is 0 Å². The summed E-state index contributed by atoms with van der Waals surface area (Å²) in [5, 5.41) is 20.5. The summed E-state index contributed by atoms with van der Waals surface area (Å²) in [6.07, 6.45) is 8.66. The Balaban J connectivity index is 1.64. The van der Waals surface area contributed by atoms with Gasteiger partial charge in [-0.2, -0.15) is 5.10 Å². The van der Waals surface area contributed by atoms with Crippen molar-refractivity contribution in [3.63, 3.8) is 0 Å². The molecule has 1 atom stereocenters. The molecule has 2 N–H and O–H groups in total. The Bertz CT molecular complexity index is 726. The van der Waals surface area contributed by atoms with Crippen LogP contribution in [-0.2, 0) is 6.42 Å². The minimum Gasteiger partial charge on any atom is -0.411 e. The minimum absolute atomic E-state index is 0.359. The fourth-order valence-electron chi connectivity index (χ4n) is 3.35. The molecule has 4 nitrogen and oxygen atoms in total. The first-order valence-corrected chi connectivity index (χ1v) is 7.89. The summed E-state index contributed by atoms with van der Waals surface area (Å²) >= 11 is 0. The third kappa shape index (κ3) is 2.15. The Kier molecular flexibility index (Phi) is 3.29. The van der Waals surface area contributed by atoms with Gasteiger partial charge >= 0.3 is 0 Å². The molecule has 4 rings (SSSR count). The van der Waals surface area contributed by atoms with Crippen LogP contribution in [-0.4, -0.2) is 21.1 Å². The largest absolute Gasteiger partial charge is 0.411 e. The monoisotopic (exact) mass is 293 g/mol. The Hall–Kier alpha value is -2.36. The van der Waals surface area contributed by atoms with Crippen LogP contribution in [0.15, 0.2) is 41.6 Å². The van der Waals surface area contributed by atoms with Crippen LogP contribution in [0.5, 0.6) is 0 Å². The molecule has 2 aromatic rings. The van der Waals surface area contributed by atoms with E-state index in [1.54, 1.807) is 0 Å². The maximum absolute atomic E-state index is 9.37. The molecule has 1 unspecified atom stereocenters. The zero-order valence-corrected chi connectivity index (χ0v) is 12.4. The van der Waals surface area contributed by atoms with Crippen molar-refractivity contribution in [2.24, 2.45) is 11.1 Å². The number of hydrogen-bond donors (Lipinski definition) is 2. The average Bonchev–Trinajstić information content (AvgIpc) is 2.94. The van der Waals surface area contributed by atoms with E-state index in [9.17, 15) is 5.21 Å². The van der Waals surface area contributed by atoms with Crippen LogP contribution in [0.25, 0.3) is 6.08 Å². The van der Waals surface area contributed by atoms with Gasteiger partial charge < -0.3 is 5.21 Å². The molecule has 0 saturated heterocycles. The van der Waals surface area contributed by atoms with Gasteiger partial charge in [-0.05, 0) is 18.4 Å². The Morgan fingerprint density at radius 1 is 1.23 bits per heavy atom. The van der Waals surface area contributed by atoms with Gasteiger partial charge in [-0.25, -0.2) is 0 Å². The highest BCUT2D eigenvalue weighted by Crippen LogP contribution is 2.35. The van der Waals surface area contributed by atoms with Crippen molar-refractivity contribution in [1.82, 2.24) is 10.2 Å². The van der Waals surface area contributed by atoms with E-state index >= 15 is 0 Å². The molecular weight excluding hydrogens is 274 g/mol. The molecule has 1 aromatic heterocycles. The van der Waals surface area contributed by atoms with Gasteiger partial charge in [0.05, 0.1) is 0 Å². The lowest BCUT2D eigenvalue weighted by Gasteiger charge is -2.25. The number of aromatic amines is 1. The molecule has 1 heterocycles. The van der Waals surface area contributed by atoms with Crippen molar-refractivity contribution in [2.75, 3.05) is 0 Å². The van der Waals surface area contributed by atoms with E-state index in [1.165, 1.54) is 12.0 Å². The van der Waals surface area contributed by atoms with Crippen molar-refractivity contribution >= 4 is 11.8 Å². The molecule has 2 aliphatic rings. The number of benzene rings is 1. The normalized spacial score (nSPS) is 21.5. The topological polar surface area (TPSA) is 61.3 Å². The van der Waals surface area contributed by atoms with Crippen LogP contribution in [0.4, 0.5) is 0 Å². The molecule has 22 heavy (non-hydrogen) atoms. The number of nitrogens with zero attached hydrogens (tertiary/aromatic N) is 2. The predicted molar refractivity (Wildman–Crippen MR) is 86.2 cm³/mol. The summed E-state index contributed by atoms with van der Waals surface area (Å²) < 4.78 is 0. The van der Waals surface area contributed by atoms with Crippen molar-refractivity contribution in [2.45, 2.75) is 31.6 Å². The number of hydrogen-bond acceptors (Lipinski definition) is 3. The summed E-state index contributed by atoms with van der Waals surface area (Å²) in [7, 11) is 0. The molecule has 0 aliphatic heterocycles. The van der Waals surface area contributed by atoms with Crippen molar-refractivity contribution in [3.05, 3.63) is 58.9 Å². The van der Waals surface area contributed by atoms with Crippen molar-refractivity contribution in [3.8, 4) is 0 Å². The van der Waals surface area contributed by atoms with Gasteiger partial charge in [-0.1, -0.05) is 54.1 Å². The Morgan fingerprint density at radius 3 is 2.73 bits per heavy atom. The van der Waals surface area contributed by atoms with Gasteiger partial charge in [0.1, 0.15) is 11.4 Å². The SMILES string of the molecule is O/N=C(/c1n[nH]c2c1C=CC(c1ccccc1)C2)C1CCC1. The molecule has 0 bridgehead atoms. The van der Waals surface area contributed by atoms with E-state index in [4.69, 9.17) is 0 Å². The first-order chi connectivity index (χ1) is 10.9. The van der Waals surface area contributed by atoms with Gasteiger partial charge in [-0.15, -0.1) is 0 Å². The standard InChI is InChI=1S/C18H19N3O/c22-21-17(13-7-4-8-13)18-15-10-9-14(11-16(15)19-20-18)12-5-2-1-3-6-12/h1-3,5-6,9-10,13-14,22H,4,7-8,11H2,(H,19,20)/b21-17+. The zero-order chi connectivity index (χ0) is 14.9. The number of rotatable bonds is 3. The third-order valence-corrected chi connectivity index (χ3v) is 4.87. The van der Waals surface area contributed by atoms with Gasteiger partial charge in [0.25, 0.3) is 0 Å². The molecule has 0 radical (unpaired) electrons. The second-order valence-electron chi connectivity index (χ2n) is 6.16. The summed E-state index contributed by atoms with van der Waals surface area (Å²) in [6, 6.07) is 10.5. The van der Waals surface area contributed by atoms with Crippen LogP contribution in [0, 0.1) is 5.92 Å². The second-order valence-corrected chi connectivity index (χ2v) is 6.16. The highest BCUT2D eigenvalue weighted by atomic mass is 16.4. The number of H-pyrrole nitrogens is 1. The molecule has 4 heteroatoms. The van der Waals surface area contributed by atoms with Gasteiger partial charge in [-0.3, -0.25) is 5.10 Å². The Labute approximate surface area is 129 Å². The maximum Gasteiger partial charge on any atom is 0.117 e. The summed E-state index contributed by atoms with van der Waals surface area (Å²) in [5.74, 6) is 0.734. The lowest BCUT2D eigenvalue weighted by molar-refractivity contribution is 0.305. The quantitative estimate of drug-likeness (QED) is 0.514. The van der Waals surface area contributed by atoms with Crippen molar-refractivity contribution < 1.29 is 5.21 Å². The van der Waals surface area contributed by atoms with Crippen molar-refractivity contribution in [1.29, 1.82) is 0 Å². The maximum atomic E-state index is 9.37. The van der Waals surface area contributed by atoms with E-state index in [-0.39, 0.29) is 0 Å². The fraction of sp³-hybridized carbons (Fsp3) is 0.333. The summed E-state index contributed by atoms with van der Waals surface area (Å²) in [6.45, 7) is 0. The van der Waals surface area contributed by atoms with E-state index in [2.05, 4.69) is 51.8 Å². The summed E-state index contributed by atoms with van der Waals surface area (Å²) in [5.41, 5.74) is 5.10. The second kappa shape index (κ2) is 5.44. The zero-order valence-electron chi connectivity index (χ0n) is 12.4. The molecule has 0 amide bonds. The smallest absolute Gasteiger partial charge is 0.117 e. The summed E-state index contributed by atoms with van der Waals surface area (Å²) in [4.78, 5) is 0. The molecule has 0 spiro atoms. The molecule has 112 valence electrons. The van der Waals surface area contributed by atoms with Gasteiger partial charge in [0, 0.05) is 29.5 Å². The van der Waals surface area contributed by atoms with E-state index in [0.29, 0.717) is 11.8 Å². The number of aromatic nitrogens is 2. The average molecular weight is 293 g/mol. The minimum atomic E-state index is 0.359. The lowest BCUT2D eigenvalue weighted by Crippen LogP contribution is -2.24. The van der Waals surface area contributed by atoms with E-state index in [0.717, 1.165) is 41.9 Å². The molecular formula is C18H19N3O. The first-order valence-electron chi connectivity index (χ1n) is 7.89. The predicted octanol–water partition coefficient (Wildman–Crippen LogP) is 3.74. The van der Waals surface area contributed by atoms with Crippen LogP contribution in [0.3, 0.4) is 0 Å². The molecule has 2 aliphatic carbocycles. The highest BCUT2D eigenvalue weighted by molar-refractivity contribution is 6.03. The third-order valence-electron chi connectivity index (χ3n) is 4.87. The number of fused-ring (bicyclic) bond motifs is 1. The van der Waals surface area contributed by atoms with Crippen LogP contribution in [0.1, 0.15) is 47.7 Å². The molecule has 1 fully saturated rings. The van der Waals surface area contributed by atoms with Gasteiger partial charge in [0.15, 0.2) is 0 Å². The van der Waals surface area contributed by atoms with Crippen LogP contribution < -0.4 is 0 Å². The number of allylic oxidation sites excluding steroid dienone is 1. The number of oxime groups is 1. The Morgan fingerprint density at radius 2 is 2.05 bits per heavy atom. The van der Waals surface area contributed by atoms with Crippen LogP contribution in [0.2, 0.25) is 0 Å². The van der Waals surface area contributed by atoms with Gasteiger partial charge in [0.2, 0.25) is 0 Å². The first kappa shape index (κ1) is 13.3. The van der Waals surface area contributed by atoms with Crippen LogP contribution >= 0.6 is 0 Å².